The van der Waals surface area contributed by atoms with Gasteiger partial charge in [0, 0.05) is 19.0 Å². The maximum atomic E-state index is 12.7. The summed E-state index contributed by atoms with van der Waals surface area (Å²) in [6.45, 7) is 6.21. The summed E-state index contributed by atoms with van der Waals surface area (Å²) >= 11 is 0. The zero-order valence-corrected chi connectivity index (χ0v) is 15.6. The minimum Gasteiger partial charge on any atom is -0.497 e. The molecule has 1 heterocycles. The first-order valence-electron chi connectivity index (χ1n) is 9.59. The number of likely N-dealkylation sites (tertiary alicyclic amines) is 1. The SMILES string of the molecule is CCCCC(CC)C(=O)N1CCC(Cc2ccc(OC)cc2)CC1. The Balaban J connectivity index is 1.80. The van der Waals surface area contributed by atoms with Gasteiger partial charge in [-0.15, -0.1) is 0 Å². The molecule has 0 saturated carbocycles. The van der Waals surface area contributed by atoms with Gasteiger partial charge >= 0.3 is 0 Å². The van der Waals surface area contributed by atoms with Gasteiger partial charge in [0.1, 0.15) is 5.75 Å². The monoisotopic (exact) mass is 331 g/mol. The Bertz CT molecular complexity index is 489. The number of rotatable bonds is 8. The largest absolute Gasteiger partial charge is 0.497 e. The molecule has 1 aromatic carbocycles. The Kier molecular flexibility index (Phi) is 7.61. The van der Waals surface area contributed by atoms with Gasteiger partial charge in [0.2, 0.25) is 5.91 Å². The molecule has 1 aromatic rings. The van der Waals surface area contributed by atoms with E-state index in [4.69, 9.17) is 4.74 Å². The van der Waals surface area contributed by atoms with Gasteiger partial charge in [-0.3, -0.25) is 4.79 Å². The van der Waals surface area contributed by atoms with E-state index in [0.717, 1.165) is 57.4 Å². The Morgan fingerprint density at radius 1 is 1.21 bits per heavy atom. The van der Waals surface area contributed by atoms with E-state index in [0.29, 0.717) is 11.8 Å². The highest BCUT2D eigenvalue weighted by atomic mass is 16.5. The molecule has 2 rings (SSSR count). The highest BCUT2D eigenvalue weighted by Gasteiger charge is 2.27. The standard InChI is InChI=1S/C21H33NO2/c1-4-6-7-19(5-2)21(23)22-14-12-18(13-15-22)16-17-8-10-20(24-3)11-9-17/h8-11,18-19H,4-7,12-16H2,1-3H3. The van der Waals surface area contributed by atoms with Crippen molar-refractivity contribution in [1.82, 2.24) is 4.90 Å². The Morgan fingerprint density at radius 2 is 1.88 bits per heavy atom. The summed E-state index contributed by atoms with van der Waals surface area (Å²) in [7, 11) is 1.70. The van der Waals surface area contributed by atoms with E-state index in [1.54, 1.807) is 7.11 Å². The number of nitrogens with zero attached hydrogens (tertiary/aromatic N) is 1. The van der Waals surface area contributed by atoms with Crippen molar-refractivity contribution in [3.63, 3.8) is 0 Å². The number of methoxy groups -OCH3 is 1. The van der Waals surface area contributed by atoms with Crippen LogP contribution in [0.2, 0.25) is 0 Å². The maximum Gasteiger partial charge on any atom is 0.225 e. The van der Waals surface area contributed by atoms with Crippen LogP contribution in [-0.4, -0.2) is 31.0 Å². The molecule has 134 valence electrons. The average molecular weight is 332 g/mol. The topological polar surface area (TPSA) is 29.5 Å². The molecule has 1 aliphatic heterocycles. The molecule has 3 heteroatoms. The van der Waals surface area contributed by atoms with Crippen molar-refractivity contribution in [3.05, 3.63) is 29.8 Å². The molecule has 0 spiro atoms. The normalized spacial score (nSPS) is 16.9. The fraction of sp³-hybridized carbons (Fsp3) is 0.667. The van der Waals surface area contributed by atoms with Gasteiger partial charge in [-0.25, -0.2) is 0 Å². The second kappa shape index (κ2) is 9.71. The number of ether oxygens (including phenoxy) is 1. The zero-order valence-electron chi connectivity index (χ0n) is 15.6. The molecule has 1 saturated heterocycles. The summed E-state index contributed by atoms with van der Waals surface area (Å²) in [5.41, 5.74) is 1.37. The third-order valence-corrected chi connectivity index (χ3v) is 5.36. The molecule has 24 heavy (non-hydrogen) atoms. The number of piperidine rings is 1. The van der Waals surface area contributed by atoms with E-state index in [-0.39, 0.29) is 5.92 Å². The fourth-order valence-corrected chi connectivity index (χ4v) is 3.66. The molecular formula is C21H33NO2. The van der Waals surface area contributed by atoms with E-state index in [1.165, 1.54) is 12.0 Å². The first-order valence-corrected chi connectivity index (χ1v) is 9.59. The average Bonchev–Trinajstić information content (AvgIpc) is 2.63. The number of hydrogen-bond acceptors (Lipinski definition) is 2. The van der Waals surface area contributed by atoms with Crippen LogP contribution in [0.25, 0.3) is 0 Å². The van der Waals surface area contributed by atoms with Gasteiger partial charge in [0.25, 0.3) is 0 Å². The predicted octanol–water partition coefficient (Wildman–Crippen LogP) is 4.69. The fourth-order valence-electron chi connectivity index (χ4n) is 3.66. The molecule has 0 N–H and O–H groups in total. The summed E-state index contributed by atoms with van der Waals surface area (Å²) in [5, 5.41) is 0. The third kappa shape index (κ3) is 5.25. The predicted molar refractivity (Wildman–Crippen MR) is 99.3 cm³/mol. The van der Waals surface area contributed by atoms with E-state index in [1.807, 2.05) is 12.1 Å². The Labute approximate surface area is 147 Å². The minimum atomic E-state index is 0.239. The van der Waals surface area contributed by atoms with Crippen molar-refractivity contribution >= 4 is 5.91 Å². The molecule has 1 atom stereocenters. The third-order valence-electron chi connectivity index (χ3n) is 5.36. The molecule has 0 aromatic heterocycles. The summed E-state index contributed by atoms with van der Waals surface area (Å²) in [6, 6.07) is 8.39. The summed E-state index contributed by atoms with van der Waals surface area (Å²) in [5.74, 6) is 2.24. The van der Waals surface area contributed by atoms with Gasteiger partial charge in [-0.2, -0.15) is 0 Å². The lowest BCUT2D eigenvalue weighted by Gasteiger charge is -2.34. The van der Waals surface area contributed by atoms with Gasteiger partial charge in [-0.05, 0) is 55.7 Å². The highest BCUT2D eigenvalue weighted by molar-refractivity contribution is 5.78. The van der Waals surface area contributed by atoms with Crippen LogP contribution in [0.1, 0.15) is 57.9 Å². The first-order chi connectivity index (χ1) is 11.7. The lowest BCUT2D eigenvalue weighted by Crippen LogP contribution is -2.42. The number of unbranched alkanes of at least 4 members (excludes halogenated alkanes) is 1. The summed E-state index contributed by atoms with van der Waals surface area (Å²) in [4.78, 5) is 14.8. The highest BCUT2D eigenvalue weighted by Crippen LogP contribution is 2.25. The summed E-state index contributed by atoms with van der Waals surface area (Å²) < 4.78 is 5.22. The number of benzene rings is 1. The first kappa shape index (κ1) is 18.8. The lowest BCUT2D eigenvalue weighted by molar-refractivity contribution is -0.137. The van der Waals surface area contributed by atoms with Crippen LogP contribution in [-0.2, 0) is 11.2 Å². The second-order valence-electron chi connectivity index (χ2n) is 7.07. The van der Waals surface area contributed by atoms with Crippen molar-refractivity contribution in [3.8, 4) is 5.75 Å². The van der Waals surface area contributed by atoms with Crippen LogP contribution < -0.4 is 4.74 Å². The number of hydrogen-bond donors (Lipinski definition) is 0. The van der Waals surface area contributed by atoms with Crippen LogP contribution in [0.3, 0.4) is 0 Å². The van der Waals surface area contributed by atoms with Gasteiger partial charge < -0.3 is 9.64 Å². The molecule has 1 amide bonds. The van der Waals surface area contributed by atoms with E-state index in [9.17, 15) is 4.79 Å². The van der Waals surface area contributed by atoms with Crippen LogP contribution in [0.5, 0.6) is 5.75 Å². The molecule has 1 aliphatic rings. The molecule has 0 aliphatic carbocycles. The van der Waals surface area contributed by atoms with Crippen LogP contribution in [0, 0.1) is 11.8 Å². The van der Waals surface area contributed by atoms with Crippen molar-refractivity contribution in [1.29, 1.82) is 0 Å². The van der Waals surface area contributed by atoms with Crippen LogP contribution in [0.4, 0.5) is 0 Å². The molecule has 0 radical (unpaired) electrons. The molecule has 3 nitrogen and oxygen atoms in total. The van der Waals surface area contributed by atoms with Crippen molar-refractivity contribution in [2.75, 3.05) is 20.2 Å². The number of carbonyl (C=O) groups excluding carboxylic acids is 1. The van der Waals surface area contributed by atoms with Gasteiger partial charge in [0.05, 0.1) is 7.11 Å². The number of carbonyl (C=O) groups is 1. The van der Waals surface area contributed by atoms with Crippen molar-refractivity contribution in [2.24, 2.45) is 11.8 Å². The van der Waals surface area contributed by atoms with E-state index >= 15 is 0 Å². The molecule has 1 unspecified atom stereocenters. The second-order valence-corrected chi connectivity index (χ2v) is 7.07. The van der Waals surface area contributed by atoms with Crippen LogP contribution >= 0.6 is 0 Å². The molecule has 1 fully saturated rings. The number of amides is 1. The van der Waals surface area contributed by atoms with E-state index < -0.39 is 0 Å². The van der Waals surface area contributed by atoms with Crippen molar-refractivity contribution < 1.29 is 9.53 Å². The summed E-state index contributed by atoms with van der Waals surface area (Å²) in [6.07, 6.45) is 7.73. The molecular weight excluding hydrogens is 298 g/mol. The van der Waals surface area contributed by atoms with Crippen LogP contribution in [0.15, 0.2) is 24.3 Å². The molecule has 0 bridgehead atoms. The Morgan fingerprint density at radius 3 is 2.42 bits per heavy atom. The smallest absolute Gasteiger partial charge is 0.225 e. The maximum absolute atomic E-state index is 12.7. The Hall–Kier alpha value is -1.51. The zero-order chi connectivity index (χ0) is 17.4. The van der Waals surface area contributed by atoms with Gasteiger partial charge in [-0.1, -0.05) is 38.8 Å². The quantitative estimate of drug-likeness (QED) is 0.691. The van der Waals surface area contributed by atoms with Gasteiger partial charge in [0.15, 0.2) is 0 Å². The lowest BCUT2D eigenvalue weighted by atomic mass is 9.89. The van der Waals surface area contributed by atoms with Crippen molar-refractivity contribution in [2.45, 2.75) is 58.8 Å². The minimum absolute atomic E-state index is 0.239. The van der Waals surface area contributed by atoms with E-state index in [2.05, 4.69) is 30.9 Å².